The average molecular weight is 273 g/mol. The van der Waals surface area contributed by atoms with Gasteiger partial charge in [-0.1, -0.05) is 24.3 Å². The molecule has 1 aliphatic heterocycles. The SMILES string of the molecule is COc1cccc2c1OC(c1ccccc1F)NC2=O. The van der Waals surface area contributed by atoms with Gasteiger partial charge >= 0.3 is 0 Å². The van der Waals surface area contributed by atoms with Crippen molar-refractivity contribution in [1.29, 1.82) is 0 Å². The standard InChI is InChI=1S/C15H12FNO3/c1-19-12-8-4-6-10-13(12)20-15(17-14(10)18)9-5-2-3-7-11(9)16/h2-8,15H,1H3,(H,17,18). The summed E-state index contributed by atoms with van der Waals surface area (Å²) in [5.74, 6) is 0.0141. The lowest BCUT2D eigenvalue weighted by Gasteiger charge is -2.28. The first-order valence-electron chi connectivity index (χ1n) is 6.09. The third-order valence-electron chi connectivity index (χ3n) is 3.13. The molecule has 0 saturated heterocycles. The molecule has 20 heavy (non-hydrogen) atoms. The Bertz CT molecular complexity index is 672. The molecule has 0 radical (unpaired) electrons. The molecule has 1 heterocycles. The number of halogens is 1. The van der Waals surface area contributed by atoms with Crippen LogP contribution in [-0.4, -0.2) is 13.0 Å². The van der Waals surface area contributed by atoms with Gasteiger partial charge in [-0.3, -0.25) is 4.79 Å². The Morgan fingerprint density at radius 1 is 1.20 bits per heavy atom. The van der Waals surface area contributed by atoms with Crippen LogP contribution in [0.2, 0.25) is 0 Å². The molecule has 0 spiro atoms. The molecule has 2 aromatic carbocycles. The van der Waals surface area contributed by atoms with Gasteiger partial charge in [-0.25, -0.2) is 4.39 Å². The Labute approximate surface area is 115 Å². The van der Waals surface area contributed by atoms with E-state index in [1.807, 2.05) is 0 Å². The van der Waals surface area contributed by atoms with Gasteiger partial charge in [0, 0.05) is 5.56 Å². The zero-order chi connectivity index (χ0) is 14.1. The summed E-state index contributed by atoms with van der Waals surface area (Å²) in [6.45, 7) is 0. The lowest BCUT2D eigenvalue weighted by Crippen LogP contribution is -2.37. The van der Waals surface area contributed by atoms with Crippen LogP contribution in [0.5, 0.6) is 11.5 Å². The number of hydrogen-bond acceptors (Lipinski definition) is 3. The molecule has 5 heteroatoms. The van der Waals surface area contributed by atoms with E-state index in [0.29, 0.717) is 17.1 Å². The molecule has 0 saturated carbocycles. The molecule has 1 N–H and O–H groups in total. The van der Waals surface area contributed by atoms with Crippen molar-refractivity contribution in [3.63, 3.8) is 0 Å². The fourth-order valence-corrected chi connectivity index (χ4v) is 2.15. The molecule has 1 unspecified atom stereocenters. The van der Waals surface area contributed by atoms with Crippen molar-refractivity contribution < 1.29 is 18.7 Å². The number of para-hydroxylation sites is 1. The minimum absolute atomic E-state index is 0.275. The van der Waals surface area contributed by atoms with Crippen molar-refractivity contribution in [3.05, 3.63) is 59.4 Å². The highest BCUT2D eigenvalue weighted by Gasteiger charge is 2.30. The largest absolute Gasteiger partial charge is 0.493 e. The van der Waals surface area contributed by atoms with Crippen LogP contribution in [0, 0.1) is 5.82 Å². The van der Waals surface area contributed by atoms with Crippen LogP contribution < -0.4 is 14.8 Å². The van der Waals surface area contributed by atoms with E-state index in [4.69, 9.17) is 9.47 Å². The molecule has 0 aromatic heterocycles. The molecule has 1 atom stereocenters. The topological polar surface area (TPSA) is 47.6 Å². The second kappa shape index (κ2) is 4.85. The van der Waals surface area contributed by atoms with Crippen LogP contribution in [-0.2, 0) is 0 Å². The summed E-state index contributed by atoms with van der Waals surface area (Å²) in [6, 6.07) is 11.2. The Kier molecular flexibility index (Phi) is 3.02. The second-order valence-electron chi connectivity index (χ2n) is 4.33. The van der Waals surface area contributed by atoms with E-state index < -0.39 is 12.0 Å². The van der Waals surface area contributed by atoms with Crippen molar-refractivity contribution in [3.8, 4) is 11.5 Å². The Balaban J connectivity index is 2.04. The van der Waals surface area contributed by atoms with E-state index in [1.165, 1.54) is 13.2 Å². The van der Waals surface area contributed by atoms with Gasteiger partial charge in [-0.05, 0) is 18.2 Å². The van der Waals surface area contributed by atoms with Gasteiger partial charge in [-0.15, -0.1) is 0 Å². The smallest absolute Gasteiger partial charge is 0.258 e. The van der Waals surface area contributed by atoms with Gasteiger partial charge in [0.15, 0.2) is 11.5 Å². The van der Waals surface area contributed by atoms with E-state index in [9.17, 15) is 9.18 Å². The fourth-order valence-electron chi connectivity index (χ4n) is 2.15. The van der Waals surface area contributed by atoms with Crippen LogP contribution in [0.1, 0.15) is 22.1 Å². The number of hydrogen-bond donors (Lipinski definition) is 1. The normalized spacial score (nSPS) is 16.9. The first kappa shape index (κ1) is 12.5. The summed E-state index contributed by atoms with van der Waals surface area (Å²) in [5, 5.41) is 2.62. The van der Waals surface area contributed by atoms with Gasteiger partial charge in [0.2, 0.25) is 6.23 Å². The third kappa shape index (κ3) is 1.97. The first-order valence-corrected chi connectivity index (χ1v) is 6.09. The van der Waals surface area contributed by atoms with Gasteiger partial charge in [0.05, 0.1) is 12.7 Å². The van der Waals surface area contributed by atoms with Crippen molar-refractivity contribution >= 4 is 5.91 Å². The minimum atomic E-state index is -0.868. The van der Waals surface area contributed by atoms with Gasteiger partial charge in [0.1, 0.15) is 5.82 Å². The molecule has 0 aliphatic carbocycles. The number of amides is 1. The van der Waals surface area contributed by atoms with Crippen molar-refractivity contribution in [1.82, 2.24) is 5.32 Å². The Morgan fingerprint density at radius 2 is 2.00 bits per heavy atom. The van der Waals surface area contributed by atoms with E-state index in [0.717, 1.165) is 0 Å². The summed E-state index contributed by atoms with van der Waals surface area (Å²) in [7, 11) is 1.49. The monoisotopic (exact) mass is 273 g/mol. The third-order valence-corrected chi connectivity index (χ3v) is 3.13. The van der Waals surface area contributed by atoms with E-state index in [1.54, 1.807) is 36.4 Å². The number of nitrogens with one attached hydrogen (secondary N) is 1. The average Bonchev–Trinajstić information content (AvgIpc) is 2.47. The zero-order valence-corrected chi connectivity index (χ0v) is 10.7. The zero-order valence-electron chi connectivity index (χ0n) is 10.7. The lowest BCUT2D eigenvalue weighted by molar-refractivity contribution is 0.0739. The van der Waals surface area contributed by atoms with E-state index in [-0.39, 0.29) is 11.5 Å². The summed E-state index contributed by atoms with van der Waals surface area (Å²) in [4.78, 5) is 12.1. The predicted octanol–water partition coefficient (Wildman–Crippen LogP) is 2.66. The number of fused-ring (bicyclic) bond motifs is 1. The Morgan fingerprint density at radius 3 is 2.75 bits per heavy atom. The molecule has 1 amide bonds. The van der Waals surface area contributed by atoms with Crippen LogP contribution >= 0.6 is 0 Å². The highest BCUT2D eigenvalue weighted by Crippen LogP contribution is 2.37. The predicted molar refractivity (Wildman–Crippen MR) is 70.2 cm³/mol. The lowest BCUT2D eigenvalue weighted by atomic mass is 10.1. The van der Waals surface area contributed by atoms with Crippen LogP contribution in [0.4, 0.5) is 4.39 Å². The number of carbonyl (C=O) groups excluding carboxylic acids is 1. The summed E-state index contributed by atoms with van der Waals surface area (Å²) >= 11 is 0. The van der Waals surface area contributed by atoms with Crippen molar-refractivity contribution in [2.24, 2.45) is 0 Å². The molecular formula is C15H12FNO3. The van der Waals surface area contributed by atoms with Crippen LogP contribution in [0.3, 0.4) is 0 Å². The summed E-state index contributed by atoms with van der Waals surface area (Å²) < 4.78 is 24.7. The number of ether oxygens (including phenoxy) is 2. The maximum absolute atomic E-state index is 13.8. The van der Waals surface area contributed by atoms with E-state index >= 15 is 0 Å². The molecule has 4 nitrogen and oxygen atoms in total. The van der Waals surface area contributed by atoms with Crippen LogP contribution in [0.15, 0.2) is 42.5 Å². The molecular weight excluding hydrogens is 261 g/mol. The maximum Gasteiger partial charge on any atom is 0.258 e. The fraction of sp³-hybridized carbons (Fsp3) is 0.133. The van der Waals surface area contributed by atoms with Gasteiger partial charge in [0.25, 0.3) is 5.91 Å². The number of rotatable bonds is 2. The van der Waals surface area contributed by atoms with Gasteiger partial charge in [-0.2, -0.15) is 0 Å². The minimum Gasteiger partial charge on any atom is -0.493 e. The van der Waals surface area contributed by atoms with Crippen molar-refractivity contribution in [2.45, 2.75) is 6.23 Å². The molecule has 1 aliphatic rings. The summed E-state index contributed by atoms with van der Waals surface area (Å²) in [6.07, 6.45) is -0.868. The highest BCUT2D eigenvalue weighted by atomic mass is 19.1. The van der Waals surface area contributed by atoms with E-state index in [2.05, 4.69) is 5.32 Å². The molecule has 102 valence electrons. The maximum atomic E-state index is 13.8. The molecule has 3 rings (SSSR count). The number of carbonyl (C=O) groups is 1. The number of methoxy groups -OCH3 is 1. The van der Waals surface area contributed by atoms with Crippen LogP contribution in [0.25, 0.3) is 0 Å². The molecule has 0 fully saturated rings. The first-order chi connectivity index (χ1) is 9.70. The molecule has 0 bridgehead atoms. The number of benzene rings is 2. The van der Waals surface area contributed by atoms with Gasteiger partial charge < -0.3 is 14.8 Å². The molecule has 2 aromatic rings. The van der Waals surface area contributed by atoms with Crippen molar-refractivity contribution in [2.75, 3.05) is 7.11 Å². The summed E-state index contributed by atoms with van der Waals surface area (Å²) in [5.41, 5.74) is 0.648. The Hall–Kier alpha value is -2.56. The second-order valence-corrected chi connectivity index (χ2v) is 4.33. The highest BCUT2D eigenvalue weighted by molar-refractivity contribution is 5.98. The quantitative estimate of drug-likeness (QED) is 0.915.